The van der Waals surface area contributed by atoms with Crippen molar-refractivity contribution in [2.45, 2.75) is 19.8 Å². The van der Waals surface area contributed by atoms with Gasteiger partial charge in [-0.1, -0.05) is 35.0 Å². The van der Waals surface area contributed by atoms with Gasteiger partial charge in [-0.2, -0.15) is 0 Å². The molecule has 2 N–H and O–H groups in total. The summed E-state index contributed by atoms with van der Waals surface area (Å²) in [7, 11) is 0. The molecular weight excluding hydrogens is 264 g/mol. The Hall–Kier alpha value is -0.380. The molecular formula is C13H21BrN2. The predicted molar refractivity (Wildman–Crippen MR) is 73.9 cm³/mol. The van der Waals surface area contributed by atoms with E-state index >= 15 is 0 Å². The standard InChI is InChI=1S/C13H21BrN2/c1-2-8-15-10-11-16-9-7-12-3-5-13(14)6-4-12/h3-6,15-16H,2,7-11H2,1H3. The van der Waals surface area contributed by atoms with Crippen molar-refractivity contribution >= 4 is 15.9 Å². The molecule has 0 heterocycles. The summed E-state index contributed by atoms with van der Waals surface area (Å²) in [6.07, 6.45) is 2.31. The van der Waals surface area contributed by atoms with Crippen molar-refractivity contribution in [3.8, 4) is 0 Å². The predicted octanol–water partition coefficient (Wildman–Crippen LogP) is 2.58. The Labute approximate surface area is 107 Å². The average Bonchev–Trinajstić information content (AvgIpc) is 2.30. The van der Waals surface area contributed by atoms with Crippen molar-refractivity contribution in [2.24, 2.45) is 0 Å². The van der Waals surface area contributed by atoms with Crippen LogP contribution in [0.2, 0.25) is 0 Å². The van der Waals surface area contributed by atoms with Crippen LogP contribution >= 0.6 is 15.9 Å². The van der Waals surface area contributed by atoms with E-state index in [-0.39, 0.29) is 0 Å². The molecule has 0 atom stereocenters. The number of nitrogens with one attached hydrogen (secondary N) is 2. The molecule has 0 aliphatic carbocycles. The molecule has 1 aromatic carbocycles. The Bertz CT molecular complexity index is 272. The van der Waals surface area contributed by atoms with Crippen LogP contribution in [0.3, 0.4) is 0 Å². The lowest BCUT2D eigenvalue weighted by Crippen LogP contribution is -2.29. The van der Waals surface area contributed by atoms with Gasteiger partial charge >= 0.3 is 0 Å². The van der Waals surface area contributed by atoms with Gasteiger partial charge in [-0.3, -0.25) is 0 Å². The van der Waals surface area contributed by atoms with E-state index in [1.54, 1.807) is 0 Å². The van der Waals surface area contributed by atoms with E-state index < -0.39 is 0 Å². The quantitative estimate of drug-likeness (QED) is 0.717. The topological polar surface area (TPSA) is 24.1 Å². The monoisotopic (exact) mass is 284 g/mol. The number of hydrogen-bond donors (Lipinski definition) is 2. The summed E-state index contributed by atoms with van der Waals surface area (Å²) in [5, 5.41) is 6.81. The maximum atomic E-state index is 3.44. The molecule has 0 bridgehead atoms. The Morgan fingerprint density at radius 1 is 0.938 bits per heavy atom. The molecule has 1 rings (SSSR count). The van der Waals surface area contributed by atoms with Crippen molar-refractivity contribution < 1.29 is 0 Å². The molecule has 1 aromatic rings. The van der Waals surface area contributed by atoms with E-state index in [1.165, 1.54) is 12.0 Å². The third-order valence-electron chi connectivity index (χ3n) is 2.41. The second-order valence-corrected chi connectivity index (χ2v) is 4.79. The van der Waals surface area contributed by atoms with E-state index in [0.717, 1.165) is 37.1 Å². The lowest BCUT2D eigenvalue weighted by atomic mass is 10.1. The van der Waals surface area contributed by atoms with Crippen molar-refractivity contribution in [1.29, 1.82) is 0 Å². The first kappa shape index (κ1) is 13.7. The highest BCUT2D eigenvalue weighted by Crippen LogP contribution is 2.10. The molecule has 2 nitrogen and oxygen atoms in total. The van der Waals surface area contributed by atoms with Crippen molar-refractivity contribution in [2.75, 3.05) is 26.2 Å². The summed E-state index contributed by atoms with van der Waals surface area (Å²) in [6.45, 7) is 6.47. The highest BCUT2D eigenvalue weighted by atomic mass is 79.9. The zero-order valence-corrected chi connectivity index (χ0v) is 11.5. The van der Waals surface area contributed by atoms with E-state index in [1.807, 2.05) is 0 Å². The van der Waals surface area contributed by atoms with Crippen molar-refractivity contribution in [3.63, 3.8) is 0 Å². The molecule has 3 heteroatoms. The SMILES string of the molecule is CCCNCCNCCc1ccc(Br)cc1. The summed E-state index contributed by atoms with van der Waals surface area (Å²) in [6, 6.07) is 8.53. The van der Waals surface area contributed by atoms with E-state index in [0.29, 0.717) is 0 Å². The van der Waals surface area contributed by atoms with Gasteiger partial charge in [0, 0.05) is 17.6 Å². The van der Waals surface area contributed by atoms with E-state index in [9.17, 15) is 0 Å². The van der Waals surface area contributed by atoms with Gasteiger partial charge in [0.15, 0.2) is 0 Å². The summed E-state index contributed by atoms with van der Waals surface area (Å²) in [4.78, 5) is 0. The third kappa shape index (κ3) is 6.26. The van der Waals surface area contributed by atoms with E-state index in [4.69, 9.17) is 0 Å². The molecule has 0 aromatic heterocycles. The average molecular weight is 285 g/mol. The Kier molecular flexibility index (Phi) is 7.47. The molecule has 0 fully saturated rings. The van der Waals surface area contributed by atoms with Crippen LogP contribution in [-0.2, 0) is 6.42 Å². The fraction of sp³-hybridized carbons (Fsp3) is 0.538. The zero-order valence-electron chi connectivity index (χ0n) is 9.93. The highest BCUT2D eigenvalue weighted by Gasteiger charge is 1.93. The Balaban J connectivity index is 2.01. The lowest BCUT2D eigenvalue weighted by molar-refractivity contribution is 0.607. The van der Waals surface area contributed by atoms with Crippen LogP contribution in [0.1, 0.15) is 18.9 Å². The van der Waals surface area contributed by atoms with Gasteiger partial charge < -0.3 is 10.6 Å². The maximum absolute atomic E-state index is 3.44. The minimum Gasteiger partial charge on any atom is -0.315 e. The van der Waals surface area contributed by atoms with Gasteiger partial charge in [-0.05, 0) is 43.6 Å². The molecule has 16 heavy (non-hydrogen) atoms. The maximum Gasteiger partial charge on any atom is 0.0175 e. The largest absolute Gasteiger partial charge is 0.315 e. The van der Waals surface area contributed by atoms with Crippen LogP contribution in [0, 0.1) is 0 Å². The molecule has 0 radical (unpaired) electrons. The van der Waals surface area contributed by atoms with Crippen LogP contribution in [0.4, 0.5) is 0 Å². The minimum atomic E-state index is 1.05. The van der Waals surface area contributed by atoms with Gasteiger partial charge in [0.2, 0.25) is 0 Å². The highest BCUT2D eigenvalue weighted by molar-refractivity contribution is 9.10. The molecule has 90 valence electrons. The molecule has 0 amide bonds. The van der Waals surface area contributed by atoms with Crippen LogP contribution < -0.4 is 10.6 Å². The zero-order chi connectivity index (χ0) is 11.6. The molecule has 0 saturated heterocycles. The van der Waals surface area contributed by atoms with Crippen LogP contribution in [0.25, 0.3) is 0 Å². The molecule has 0 aliphatic rings. The van der Waals surface area contributed by atoms with Gasteiger partial charge in [0.05, 0.1) is 0 Å². The summed E-state index contributed by atoms with van der Waals surface area (Å²) >= 11 is 3.44. The normalized spacial score (nSPS) is 10.6. The van der Waals surface area contributed by atoms with Gasteiger partial charge in [-0.15, -0.1) is 0 Å². The van der Waals surface area contributed by atoms with E-state index in [2.05, 4.69) is 57.8 Å². The second kappa shape index (κ2) is 8.74. The number of hydrogen-bond acceptors (Lipinski definition) is 2. The van der Waals surface area contributed by atoms with Gasteiger partial charge in [0.1, 0.15) is 0 Å². The van der Waals surface area contributed by atoms with Crippen LogP contribution in [0.15, 0.2) is 28.7 Å². The smallest absolute Gasteiger partial charge is 0.0175 e. The third-order valence-corrected chi connectivity index (χ3v) is 2.94. The van der Waals surface area contributed by atoms with Crippen LogP contribution in [0.5, 0.6) is 0 Å². The molecule has 0 aliphatic heterocycles. The van der Waals surface area contributed by atoms with Crippen molar-refractivity contribution in [1.82, 2.24) is 10.6 Å². The van der Waals surface area contributed by atoms with Crippen molar-refractivity contribution in [3.05, 3.63) is 34.3 Å². The number of benzene rings is 1. The summed E-state index contributed by atoms with van der Waals surface area (Å²) in [5.41, 5.74) is 1.39. The van der Waals surface area contributed by atoms with Gasteiger partial charge in [0.25, 0.3) is 0 Å². The molecule has 0 spiro atoms. The Morgan fingerprint density at radius 2 is 1.56 bits per heavy atom. The minimum absolute atomic E-state index is 1.05. The fourth-order valence-electron chi connectivity index (χ4n) is 1.49. The molecule has 0 unspecified atom stereocenters. The lowest BCUT2D eigenvalue weighted by Gasteiger charge is -2.06. The summed E-state index contributed by atoms with van der Waals surface area (Å²) < 4.78 is 1.15. The second-order valence-electron chi connectivity index (χ2n) is 3.88. The van der Waals surface area contributed by atoms with Gasteiger partial charge in [-0.25, -0.2) is 0 Å². The number of halogens is 1. The fourth-order valence-corrected chi connectivity index (χ4v) is 1.75. The Morgan fingerprint density at radius 3 is 2.19 bits per heavy atom. The first-order valence-corrected chi connectivity index (χ1v) is 6.78. The van der Waals surface area contributed by atoms with Crippen LogP contribution in [-0.4, -0.2) is 26.2 Å². The summed E-state index contributed by atoms with van der Waals surface area (Å²) in [5.74, 6) is 0. The first-order chi connectivity index (χ1) is 7.83. The first-order valence-electron chi connectivity index (χ1n) is 5.99. The molecule has 0 saturated carbocycles. The number of rotatable bonds is 8.